The fourth-order valence-corrected chi connectivity index (χ4v) is 2.85. The first-order chi connectivity index (χ1) is 9.56. The quantitative estimate of drug-likeness (QED) is 0.388. The van der Waals surface area contributed by atoms with Gasteiger partial charge < -0.3 is 14.6 Å². The van der Waals surface area contributed by atoms with Crippen molar-refractivity contribution in [2.75, 3.05) is 13.2 Å². The molecule has 0 aromatic rings. The number of rotatable bonds is 8. The molecule has 0 bridgehead atoms. The van der Waals surface area contributed by atoms with Crippen LogP contribution in [0.4, 0.5) is 0 Å². The van der Waals surface area contributed by atoms with Gasteiger partial charge in [-0.25, -0.2) is 4.79 Å². The smallest absolute Gasteiger partial charge is 0.341 e. The number of hydrogen-bond acceptors (Lipinski definition) is 5. The molecule has 1 N–H and O–H groups in total. The number of carboxylic acid groups (broad SMARTS) is 1. The Morgan fingerprint density at radius 3 is 2.85 bits per heavy atom. The van der Waals surface area contributed by atoms with E-state index in [-0.39, 0.29) is 36.6 Å². The lowest BCUT2D eigenvalue weighted by atomic mass is 10.1. The topological polar surface area (TPSA) is 85.2 Å². The number of halogens is 1. The summed E-state index contributed by atoms with van der Waals surface area (Å²) in [6, 6.07) is 0. The van der Waals surface area contributed by atoms with Crippen molar-refractivity contribution in [1.29, 1.82) is 0 Å². The van der Waals surface area contributed by atoms with Gasteiger partial charge in [0.1, 0.15) is 18.8 Å². The summed E-state index contributed by atoms with van der Waals surface area (Å²) in [5.41, 5.74) is 0.0432. The van der Waals surface area contributed by atoms with E-state index in [9.17, 15) is 9.59 Å². The SMILES string of the molecule is CCCC(C)C(=O)OCCOC1=C(C(=O)O)C=CI=N1. The number of nitrogens with zero attached hydrogens (tertiary/aromatic N) is 1. The van der Waals surface area contributed by atoms with Crippen LogP contribution in [0.5, 0.6) is 0 Å². The van der Waals surface area contributed by atoms with E-state index in [4.69, 9.17) is 14.6 Å². The van der Waals surface area contributed by atoms with Gasteiger partial charge in [0.15, 0.2) is 0 Å². The molecule has 0 spiro atoms. The molecule has 20 heavy (non-hydrogen) atoms. The second-order valence-corrected chi connectivity index (χ2v) is 5.96. The highest BCUT2D eigenvalue weighted by atomic mass is 127. The van der Waals surface area contributed by atoms with E-state index in [1.165, 1.54) is 6.08 Å². The average molecular weight is 395 g/mol. The molecule has 112 valence electrons. The molecule has 1 aliphatic heterocycles. The Morgan fingerprint density at radius 2 is 2.20 bits per heavy atom. The zero-order chi connectivity index (χ0) is 15.0. The van der Waals surface area contributed by atoms with Crippen molar-refractivity contribution in [2.24, 2.45) is 9.06 Å². The summed E-state index contributed by atoms with van der Waals surface area (Å²) < 4.78 is 16.2. The number of esters is 1. The van der Waals surface area contributed by atoms with Gasteiger partial charge in [-0.05, 0) is 16.6 Å². The average Bonchev–Trinajstić information content (AvgIpc) is 2.43. The summed E-state index contributed by atoms with van der Waals surface area (Å²) in [6.45, 7) is 4.04. The Morgan fingerprint density at radius 1 is 1.45 bits per heavy atom. The molecule has 6 nitrogen and oxygen atoms in total. The number of aliphatic carboxylic acids is 1. The fraction of sp³-hybridized carbons (Fsp3) is 0.538. The van der Waals surface area contributed by atoms with Crippen LogP contribution in [0.2, 0.25) is 0 Å². The predicted octanol–water partition coefficient (Wildman–Crippen LogP) is 2.96. The van der Waals surface area contributed by atoms with E-state index in [1.807, 2.05) is 13.8 Å². The second-order valence-electron chi connectivity index (χ2n) is 4.20. The van der Waals surface area contributed by atoms with Crippen LogP contribution in [0.3, 0.4) is 0 Å². The van der Waals surface area contributed by atoms with Crippen LogP contribution >= 0.6 is 21.0 Å². The third kappa shape index (κ3) is 5.40. The summed E-state index contributed by atoms with van der Waals surface area (Å²) in [5.74, 6) is -1.32. The minimum Gasteiger partial charge on any atom is -0.477 e. The highest BCUT2D eigenvalue weighted by molar-refractivity contribution is 14.2. The second kappa shape index (κ2) is 8.83. The van der Waals surface area contributed by atoms with Crippen molar-refractivity contribution in [3.05, 3.63) is 21.6 Å². The van der Waals surface area contributed by atoms with Gasteiger partial charge in [-0.15, -0.1) is 0 Å². The fourth-order valence-electron chi connectivity index (χ4n) is 1.52. The molecule has 0 saturated carbocycles. The summed E-state index contributed by atoms with van der Waals surface area (Å²) >= 11 is -0.539. The maximum Gasteiger partial charge on any atom is 0.341 e. The van der Waals surface area contributed by atoms with E-state index >= 15 is 0 Å². The molecule has 0 saturated heterocycles. The molecule has 0 radical (unpaired) electrons. The highest BCUT2D eigenvalue weighted by Crippen LogP contribution is 2.22. The number of carbonyl (C=O) groups excluding carboxylic acids is 1. The Balaban J connectivity index is 2.37. The van der Waals surface area contributed by atoms with E-state index in [2.05, 4.69) is 3.15 Å². The molecule has 7 heteroatoms. The highest BCUT2D eigenvalue weighted by Gasteiger charge is 2.16. The van der Waals surface area contributed by atoms with Crippen LogP contribution in [0.15, 0.2) is 24.8 Å². The molecule has 0 fully saturated rings. The summed E-state index contributed by atoms with van der Waals surface area (Å²) in [5, 5.41) is 8.96. The molecule has 1 rings (SSSR count). The van der Waals surface area contributed by atoms with Gasteiger partial charge in [-0.1, -0.05) is 20.3 Å². The van der Waals surface area contributed by atoms with Crippen molar-refractivity contribution >= 4 is 33.0 Å². The lowest BCUT2D eigenvalue weighted by Gasteiger charge is -2.12. The van der Waals surface area contributed by atoms with E-state index in [0.29, 0.717) is 0 Å². The Kier molecular flexibility index (Phi) is 7.42. The molecule has 0 aliphatic carbocycles. The zero-order valence-corrected chi connectivity index (χ0v) is 13.6. The van der Waals surface area contributed by atoms with E-state index < -0.39 is 27.0 Å². The third-order valence-corrected chi connectivity index (χ3v) is 3.96. The molecule has 0 aromatic heterocycles. The van der Waals surface area contributed by atoms with Gasteiger partial charge >= 0.3 is 11.9 Å². The first-order valence-electron chi connectivity index (χ1n) is 6.33. The van der Waals surface area contributed by atoms with Crippen LogP contribution in [0, 0.1) is 5.92 Å². The normalized spacial score (nSPS) is 15.5. The summed E-state index contributed by atoms with van der Waals surface area (Å²) in [6.07, 6.45) is 3.22. The third-order valence-electron chi connectivity index (χ3n) is 2.56. The number of ether oxygens (including phenoxy) is 2. The number of carboxylic acids is 1. The molecule has 0 aromatic carbocycles. The van der Waals surface area contributed by atoms with E-state index in [1.54, 1.807) is 4.08 Å². The first kappa shape index (κ1) is 16.8. The number of carbonyl (C=O) groups is 2. The summed E-state index contributed by atoms with van der Waals surface area (Å²) in [4.78, 5) is 22.5. The lowest BCUT2D eigenvalue weighted by Crippen LogP contribution is -2.17. The Labute approximate surface area is 128 Å². The molecule has 0 amide bonds. The van der Waals surface area contributed by atoms with Crippen molar-refractivity contribution in [3.8, 4) is 0 Å². The van der Waals surface area contributed by atoms with Crippen LogP contribution in [0.25, 0.3) is 0 Å². The van der Waals surface area contributed by atoms with Crippen molar-refractivity contribution in [1.82, 2.24) is 0 Å². The van der Waals surface area contributed by atoms with Crippen molar-refractivity contribution < 1.29 is 24.2 Å². The predicted molar refractivity (Wildman–Crippen MR) is 81.2 cm³/mol. The van der Waals surface area contributed by atoms with Crippen LogP contribution in [0.1, 0.15) is 26.7 Å². The van der Waals surface area contributed by atoms with Gasteiger partial charge in [0.2, 0.25) is 5.88 Å². The van der Waals surface area contributed by atoms with Crippen LogP contribution in [-0.2, 0) is 19.1 Å². The number of hydrogen-bond donors (Lipinski definition) is 1. The van der Waals surface area contributed by atoms with Gasteiger partial charge in [0.25, 0.3) is 0 Å². The monoisotopic (exact) mass is 395 g/mol. The standard InChI is InChI=1S/C13H18INO5/c1-3-4-9(2)13(18)20-8-7-19-11-10(12(16)17)5-6-14-15-11/h5-6,9H,3-4,7-8H2,1-2H3,(H,16,17). The lowest BCUT2D eigenvalue weighted by molar-refractivity contribution is -0.149. The molecule has 1 heterocycles. The van der Waals surface area contributed by atoms with Crippen LogP contribution < -0.4 is 0 Å². The van der Waals surface area contributed by atoms with Gasteiger partial charge in [0.05, 0.1) is 5.92 Å². The van der Waals surface area contributed by atoms with Gasteiger partial charge in [-0.2, -0.15) is 3.15 Å². The first-order valence-corrected chi connectivity index (χ1v) is 8.54. The van der Waals surface area contributed by atoms with Crippen molar-refractivity contribution in [3.63, 3.8) is 0 Å². The van der Waals surface area contributed by atoms with Crippen molar-refractivity contribution in [2.45, 2.75) is 26.7 Å². The maximum atomic E-state index is 11.5. The minimum atomic E-state index is -1.07. The molecule has 1 unspecified atom stereocenters. The zero-order valence-electron chi connectivity index (χ0n) is 11.5. The van der Waals surface area contributed by atoms with Gasteiger partial charge in [-0.3, -0.25) is 4.79 Å². The molecular formula is C13H18INO5. The van der Waals surface area contributed by atoms with Gasteiger partial charge in [0, 0.05) is 21.0 Å². The van der Waals surface area contributed by atoms with Crippen LogP contribution in [-0.4, -0.2) is 30.3 Å². The molecular weight excluding hydrogens is 377 g/mol. The Hall–Kier alpha value is -1.25. The minimum absolute atomic E-state index is 0.0432. The molecule has 1 atom stereocenters. The van der Waals surface area contributed by atoms with E-state index in [0.717, 1.165) is 12.8 Å². The maximum absolute atomic E-state index is 11.5. The summed E-state index contributed by atoms with van der Waals surface area (Å²) in [7, 11) is 0. The Bertz CT molecular complexity index is 456. The largest absolute Gasteiger partial charge is 0.477 e. The molecule has 1 aliphatic rings.